The minimum atomic E-state index is -0.239. The molecule has 3 aromatic rings. The normalized spacial score (nSPS) is 12.9. The molecular weight excluding hydrogens is 410 g/mol. The number of H-pyrrole nitrogens is 1. The van der Waals surface area contributed by atoms with Gasteiger partial charge in [-0.3, -0.25) is 9.59 Å². The van der Waals surface area contributed by atoms with E-state index in [1.54, 1.807) is 32.4 Å². The van der Waals surface area contributed by atoms with Crippen LogP contribution in [0.1, 0.15) is 24.1 Å². The first-order valence-electron chi connectivity index (χ1n) is 10.5. The number of benzene rings is 2. The maximum Gasteiger partial charge on any atom is 0.224 e. The minimum Gasteiger partial charge on any atom is -0.497 e. The Bertz CT molecular complexity index is 1150. The molecule has 2 amide bonds. The highest BCUT2D eigenvalue weighted by Crippen LogP contribution is 2.31. The van der Waals surface area contributed by atoms with Crippen LogP contribution in [0.2, 0.25) is 0 Å². The van der Waals surface area contributed by atoms with Gasteiger partial charge in [-0.2, -0.15) is 0 Å². The van der Waals surface area contributed by atoms with E-state index >= 15 is 0 Å². The van der Waals surface area contributed by atoms with Crippen LogP contribution in [-0.2, 0) is 22.6 Å². The molecule has 0 fully saturated rings. The number of hydrogen-bond acceptors (Lipinski definition) is 5. The number of aromatic nitrogens is 1. The zero-order valence-corrected chi connectivity index (χ0v) is 18.5. The Morgan fingerprint density at radius 2 is 1.75 bits per heavy atom. The fourth-order valence-corrected chi connectivity index (χ4v) is 4.03. The summed E-state index contributed by atoms with van der Waals surface area (Å²) in [5, 5.41) is 3.88. The van der Waals surface area contributed by atoms with Crippen molar-refractivity contribution in [1.82, 2.24) is 9.88 Å². The van der Waals surface area contributed by atoms with E-state index < -0.39 is 0 Å². The molecule has 2 N–H and O–H groups in total. The molecule has 0 radical (unpaired) electrons. The topological polar surface area (TPSA) is 92.9 Å². The first-order chi connectivity index (χ1) is 15.5. The molecule has 8 heteroatoms. The zero-order chi connectivity index (χ0) is 22.7. The zero-order valence-electron chi connectivity index (χ0n) is 18.5. The summed E-state index contributed by atoms with van der Waals surface area (Å²) in [7, 11) is 4.73. The molecule has 1 aliphatic heterocycles. The largest absolute Gasteiger partial charge is 0.497 e. The molecule has 8 nitrogen and oxygen atoms in total. The van der Waals surface area contributed by atoms with Crippen molar-refractivity contribution in [1.29, 1.82) is 0 Å². The van der Waals surface area contributed by atoms with Gasteiger partial charge in [0, 0.05) is 60.6 Å². The third-order valence-electron chi connectivity index (χ3n) is 5.78. The van der Waals surface area contributed by atoms with E-state index in [-0.39, 0.29) is 24.7 Å². The Kier molecular flexibility index (Phi) is 6.20. The van der Waals surface area contributed by atoms with Gasteiger partial charge >= 0.3 is 0 Å². The maximum atomic E-state index is 12.8. The highest BCUT2D eigenvalue weighted by atomic mass is 16.5. The van der Waals surface area contributed by atoms with Crippen molar-refractivity contribution in [3.05, 3.63) is 47.7 Å². The third kappa shape index (κ3) is 4.34. The number of aromatic amines is 1. The van der Waals surface area contributed by atoms with E-state index in [1.807, 2.05) is 23.1 Å². The van der Waals surface area contributed by atoms with Crippen LogP contribution in [0.15, 0.2) is 36.4 Å². The highest BCUT2D eigenvalue weighted by Gasteiger charge is 2.24. The highest BCUT2D eigenvalue weighted by molar-refractivity contribution is 5.95. The Morgan fingerprint density at radius 3 is 2.50 bits per heavy atom. The fourth-order valence-electron chi connectivity index (χ4n) is 4.03. The molecule has 0 unspecified atom stereocenters. The van der Waals surface area contributed by atoms with Gasteiger partial charge in [0.05, 0.1) is 27.0 Å². The Balaban J connectivity index is 1.37. The third-order valence-corrected chi connectivity index (χ3v) is 5.78. The quantitative estimate of drug-likeness (QED) is 0.590. The molecule has 32 heavy (non-hydrogen) atoms. The average molecular weight is 437 g/mol. The van der Waals surface area contributed by atoms with Gasteiger partial charge in [-0.15, -0.1) is 0 Å². The van der Waals surface area contributed by atoms with E-state index in [1.165, 1.54) is 7.11 Å². The Labute approximate surface area is 186 Å². The van der Waals surface area contributed by atoms with Crippen molar-refractivity contribution in [3.63, 3.8) is 0 Å². The van der Waals surface area contributed by atoms with Crippen molar-refractivity contribution in [3.8, 4) is 17.2 Å². The second kappa shape index (κ2) is 9.21. The molecule has 0 atom stereocenters. The summed E-state index contributed by atoms with van der Waals surface area (Å²) in [6.45, 7) is 1.15. The second-order valence-electron chi connectivity index (χ2n) is 7.67. The summed E-state index contributed by atoms with van der Waals surface area (Å²) in [6.07, 6.45) is 0.998. The van der Waals surface area contributed by atoms with Gasteiger partial charge in [0.25, 0.3) is 0 Å². The lowest BCUT2D eigenvalue weighted by atomic mass is 10.0. The summed E-state index contributed by atoms with van der Waals surface area (Å²) in [5.41, 5.74) is 3.85. The maximum absolute atomic E-state index is 12.8. The molecule has 0 aliphatic carbocycles. The number of ether oxygens (including phenoxy) is 3. The van der Waals surface area contributed by atoms with Crippen LogP contribution < -0.4 is 19.5 Å². The van der Waals surface area contributed by atoms with Crippen molar-refractivity contribution >= 4 is 28.4 Å². The molecule has 0 spiro atoms. The lowest BCUT2D eigenvalue weighted by molar-refractivity contribution is -0.133. The minimum absolute atomic E-state index is 0.0373. The summed E-state index contributed by atoms with van der Waals surface area (Å²) in [4.78, 5) is 30.5. The number of nitrogens with zero attached hydrogens (tertiary/aromatic N) is 1. The SMILES string of the molecule is COc1ccc(NC(=O)CCC(=O)N2CCc3[nH]c4ccc(OC)cc4c3C2)c(OC)c1. The predicted octanol–water partition coefficient (Wildman–Crippen LogP) is 3.50. The van der Waals surface area contributed by atoms with Gasteiger partial charge in [-0.25, -0.2) is 0 Å². The summed E-state index contributed by atoms with van der Waals surface area (Å²) >= 11 is 0. The first kappa shape index (κ1) is 21.5. The molecule has 0 bridgehead atoms. The van der Waals surface area contributed by atoms with Crippen molar-refractivity contribution in [2.75, 3.05) is 33.2 Å². The van der Waals surface area contributed by atoms with Crippen molar-refractivity contribution in [2.45, 2.75) is 25.8 Å². The molecule has 1 aliphatic rings. The molecular formula is C24H27N3O5. The number of methoxy groups -OCH3 is 3. The van der Waals surface area contributed by atoms with Gasteiger partial charge in [0.2, 0.25) is 11.8 Å². The van der Waals surface area contributed by atoms with Crippen LogP contribution in [0.3, 0.4) is 0 Å². The number of hydrogen-bond donors (Lipinski definition) is 2. The Morgan fingerprint density at radius 1 is 1.00 bits per heavy atom. The van der Waals surface area contributed by atoms with E-state index in [9.17, 15) is 9.59 Å². The molecule has 2 aromatic carbocycles. The van der Waals surface area contributed by atoms with Crippen molar-refractivity contribution in [2.24, 2.45) is 0 Å². The number of anilines is 1. The van der Waals surface area contributed by atoms with E-state index in [4.69, 9.17) is 14.2 Å². The number of carbonyl (C=O) groups is 2. The van der Waals surface area contributed by atoms with Crippen LogP contribution in [0.25, 0.3) is 10.9 Å². The molecule has 168 valence electrons. The molecule has 0 saturated heterocycles. The lowest BCUT2D eigenvalue weighted by Crippen LogP contribution is -2.36. The van der Waals surface area contributed by atoms with E-state index in [0.29, 0.717) is 30.3 Å². The standard InChI is InChI=1S/C24H27N3O5/c1-30-15-4-6-19-17(12-15)18-14-27(11-10-20(18)25-19)24(29)9-8-23(28)26-21-7-5-16(31-2)13-22(21)32-3/h4-7,12-13,25H,8-11,14H2,1-3H3,(H,26,28). The Hall–Kier alpha value is -3.68. The fraction of sp³-hybridized carbons (Fsp3) is 0.333. The monoisotopic (exact) mass is 437 g/mol. The van der Waals surface area contributed by atoms with Gasteiger partial charge in [-0.1, -0.05) is 0 Å². The molecule has 2 heterocycles. The van der Waals surface area contributed by atoms with Gasteiger partial charge < -0.3 is 29.4 Å². The number of nitrogens with one attached hydrogen (secondary N) is 2. The van der Waals surface area contributed by atoms with Crippen LogP contribution in [0, 0.1) is 0 Å². The smallest absolute Gasteiger partial charge is 0.224 e. The summed E-state index contributed by atoms with van der Waals surface area (Å²) < 4.78 is 15.8. The van der Waals surface area contributed by atoms with Gasteiger partial charge in [0.1, 0.15) is 17.2 Å². The number of rotatable bonds is 7. The van der Waals surface area contributed by atoms with Crippen LogP contribution >= 0.6 is 0 Å². The molecule has 0 saturated carbocycles. The van der Waals surface area contributed by atoms with E-state index in [0.717, 1.165) is 34.3 Å². The average Bonchev–Trinajstić information content (AvgIpc) is 3.19. The first-order valence-corrected chi connectivity index (χ1v) is 10.5. The predicted molar refractivity (Wildman–Crippen MR) is 121 cm³/mol. The summed E-state index contributed by atoms with van der Waals surface area (Å²) in [5.74, 6) is 1.64. The van der Waals surface area contributed by atoms with Gasteiger partial charge in [-0.05, 0) is 30.3 Å². The number of fused-ring (bicyclic) bond motifs is 3. The van der Waals surface area contributed by atoms with Crippen molar-refractivity contribution < 1.29 is 23.8 Å². The summed E-state index contributed by atoms with van der Waals surface area (Å²) in [6, 6.07) is 11.1. The number of amides is 2. The van der Waals surface area contributed by atoms with E-state index in [2.05, 4.69) is 10.3 Å². The van der Waals surface area contributed by atoms with Crippen LogP contribution in [-0.4, -0.2) is 49.6 Å². The molecule has 1 aromatic heterocycles. The lowest BCUT2D eigenvalue weighted by Gasteiger charge is -2.27. The second-order valence-corrected chi connectivity index (χ2v) is 7.67. The van der Waals surface area contributed by atoms with Gasteiger partial charge in [0.15, 0.2) is 0 Å². The number of carbonyl (C=O) groups excluding carboxylic acids is 2. The van der Waals surface area contributed by atoms with Crippen LogP contribution in [0.4, 0.5) is 5.69 Å². The molecule has 4 rings (SSSR count). The van der Waals surface area contributed by atoms with Crippen LogP contribution in [0.5, 0.6) is 17.2 Å².